The van der Waals surface area contributed by atoms with E-state index in [0.717, 1.165) is 24.9 Å². The van der Waals surface area contributed by atoms with Crippen LogP contribution in [0.2, 0.25) is 0 Å². The van der Waals surface area contributed by atoms with Crippen LogP contribution in [0.15, 0.2) is 60.7 Å². The fraction of sp³-hybridized carbons (Fsp3) is 0.357. The van der Waals surface area contributed by atoms with Crippen molar-refractivity contribution in [3.05, 3.63) is 83.2 Å². The third-order valence-corrected chi connectivity index (χ3v) is 7.04. The van der Waals surface area contributed by atoms with Crippen molar-refractivity contribution in [1.29, 1.82) is 0 Å². The number of fused-ring (bicyclic) bond motifs is 1. The maximum Gasteiger partial charge on any atom is 0.251 e. The molecule has 2 aliphatic rings. The smallest absolute Gasteiger partial charge is 0.251 e. The van der Waals surface area contributed by atoms with E-state index in [1.807, 2.05) is 23.1 Å². The van der Waals surface area contributed by atoms with Crippen molar-refractivity contribution in [2.24, 2.45) is 5.92 Å². The Morgan fingerprint density at radius 2 is 1.85 bits per heavy atom. The molecule has 5 nitrogen and oxygen atoms in total. The van der Waals surface area contributed by atoms with Gasteiger partial charge in [-0.25, -0.2) is 4.39 Å². The Morgan fingerprint density at radius 1 is 1.06 bits per heavy atom. The van der Waals surface area contributed by atoms with Gasteiger partial charge in [0.2, 0.25) is 5.91 Å². The second-order valence-electron chi connectivity index (χ2n) is 9.47. The number of halogens is 1. The highest BCUT2D eigenvalue weighted by Crippen LogP contribution is 2.32. The number of nitrogens with zero attached hydrogens (tertiary/aromatic N) is 1. The van der Waals surface area contributed by atoms with E-state index in [9.17, 15) is 14.0 Å². The largest absolute Gasteiger partial charge is 0.348 e. The molecule has 1 saturated heterocycles. The van der Waals surface area contributed by atoms with E-state index in [4.69, 9.17) is 0 Å². The number of amides is 2. The van der Waals surface area contributed by atoms with Crippen molar-refractivity contribution in [1.82, 2.24) is 15.5 Å². The number of aryl methyl sites for hydroxylation is 1. The minimum atomic E-state index is -0.363. The second kappa shape index (κ2) is 9.55. The molecule has 2 fully saturated rings. The monoisotopic (exact) mass is 459 g/mol. The van der Waals surface area contributed by atoms with Crippen LogP contribution in [0.3, 0.4) is 0 Å². The van der Waals surface area contributed by atoms with E-state index in [1.165, 1.54) is 29.0 Å². The normalized spacial score (nSPS) is 20.2. The molecular weight excluding hydrogens is 429 g/mol. The molecule has 34 heavy (non-hydrogen) atoms. The standard InChI is InChI=1S/C28H30FN3O2/c1-18-15-21(29)9-12-23(18)27(33)31-26-13-14-30-16-25(26)28(34)32(22-10-11-22)17-20-7-4-6-19-5-2-3-8-24(19)20/h2-9,12,15,22,25-26,30H,10-11,13-14,16-17H2,1H3,(H,31,33). The molecule has 1 aliphatic carbocycles. The van der Waals surface area contributed by atoms with E-state index in [0.29, 0.717) is 30.6 Å². The van der Waals surface area contributed by atoms with Crippen LogP contribution >= 0.6 is 0 Å². The summed E-state index contributed by atoms with van der Waals surface area (Å²) in [4.78, 5) is 28.8. The van der Waals surface area contributed by atoms with Gasteiger partial charge in [0.25, 0.3) is 5.91 Å². The summed E-state index contributed by atoms with van der Waals surface area (Å²) in [7, 11) is 0. The first-order valence-corrected chi connectivity index (χ1v) is 12.1. The zero-order valence-corrected chi connectivity index (χ0v) is 19.4. The van der Waals surface area contributed by atoms with Crippen molar-refractivity contribution >= 4 is 22.6 Å². The van der Waals surface area contributed by atoms with Crippen LogP contribution in [-0.4, -0.2) is 41.9 Å². The Bertz CT molecular complexity index is 1220. The van der Waals surface area contributed by atoms with Crippen LogP contribution in [0, 0.1) is 18.7 Å². The van der Waals surface area contributed by atoms with Gasteiger partial charge in [-0.05, 0) is 72.8 Å². The van der Waals surface area contributed by atoms with Gasteiger partial charge in [0.05, 0.1) is 5.92 Å². The van der Waals surface area contributed by atoms with E-state index in [1.54, 1.807) is 6.92 Å². The molecule has 6 heteroatoms. The van der Waals surface area contributed by atoms with Crippen LogP contribution < -0.4 is 10.6 Å². The molecule has 2 unspecified atom stereocenters. The minimum absolute atomic E-state index is 0.0868. The van der Waals surface area contributed by atoms with Gasteiger partial charge in [-0.15, -0.1) is 0 Å². The third kappa shape index (κ3) is 4.68. The maximum absolute atomic E-state index is 13.8. The summed E-state index contributed by atoms with van der Waals surface area (Å²) in [5, 5.41) is 8.76. The molecule has 0 spiro atoms. The lowest BCUT2D eigenvalue weighted by molar-refractivity contribution is -0.138. The van der Waals surface area contributed by atoms with Crippen molar-refractivity contribution in [2.45, 2.75) is 44.8 Å². The molecule has 5 rings (SSSR count). The number of carbonyl (C=O) groups is 2. The topological polar surface area (TPSA) is 61.4 Å². The van der Waals surface area contributed by atoms with E-state index < -0.39 is 0 Å². The lowest BCUT2D eigenvalue weighted by Crippen LogP contribution is -2.55. The molecule has 3 aromatic carbocycles. The fourth-order valence-electron chi connectivity index (χ4n) is 5.02. The van der Waals surface area contributed by atoms with Gasteiger partial charge in [0.15, 0.2) is 0 Å². The zero-order valence-electron chi connectivity index (χ0n) is 19.4. The summed E-state index contributed by atoms with van der Waals surface area (Å²) in [5.74, 6) is -0.871. The predicted molar refractivity (Wildman–Crippen MR) is 131 cm³/mol. The first-order chi connectivity index (χ1) is 16.5. The molecule has 0 bridgehead atoms. The average molecular weight is 460 g/mol. The lowest BCUT2D eigenvalue weighted by atomic mass is 9.91. The highest BCUT2D eigenvalue weighted by atomic mass is 19.1. The summed E-state index contributed by atoms with van der Waals surface area (Å²) in [6.45, 7) is 3.57. The van der Waals surface area contributed by atoms with Gasteiger partial charge in [-0.3, -0.25) is 9.59 Å². The van der Waals surface area contributed by atoms with Gasteiger partial charge in [-0.1, -0.05) is 42.5 Å². The van der Waals surface area contributed by atoms with E-state index in [2.05, 4.69) is 34.9 Å². The van der Waals surface area contributed by atoms with Gasteiger partial charge in [0, 0.05) is 30.7 Å². The highest BCUT2D eigenvalue weighted by molar-refractivity contribution is 5.96. The summed E-state index contributed by atoms with van der Waals surface area (Å²) in [6.07, 6.45) is 2.71. The Hall–Kier alpha value is -3.25. The van der Waals surface area contributed by atoms with Crippen LogP contribution in [0.1, 0.15) is 40.7 Å². The Morgan fingerprint density at radius 3 is 2.65 bits per heavy atom. The van der Waals surface area contributed by atoms with Crippen molar-refractivity contribution < 1.29 is 14.0 Å². The second-order valence-corrected chi connectivity index (χ2v) is 9.47. The van der Waals surface area contributed by atoms with E-state index >= 15 is 0 Å². The third-order valence-electron chi connectivity index (χ3n) is 7.04. The number of piperidine rings is 1. The number of hydrogen-bond acceptors (Lipinski definition) is 3. The van der Waals surface area contributed by atoms with Crippen molar-refractivity contribution in [3.8, 4) is 0 Å². The fourth-order valence-corrected chi connectivity index (χ4v) is 5.02. The molecule has 2 N–H and O–H groups in total. The SMILES string of the molecule is Cc1cc(F)ccc1C(=O)NC1CCNCC1C(=O)N(Cc1cccc2ccccc12)C1CC1. The molecule has 3 aromatic rings. The molecule has 1 heterocycles. The van der Waals surface area contributed by atoms with Gasteiger partial charge < -0.3 is 15.5 Å². The number of rotatable bonds is 6. The van der Waals surface area contributed by atoms with Gasteiger partial charge in [-0.2, -0.15) is 0 Å². The minimum Gasteiger partial charge on any atom is -0.348 e. The quantitative estimate of drug-likeness (QED) is 0.581. The first-order valence-electron chi connectivity index (χ1n) is 12.1. The Balaban J connectivity index is 1.36. The molecular formula is C28H30FN3O2. The zero-order chi connectivity index (χ0) is 23.7. The molecule has 1 saturated carbocycles. The first kappa shape index (κ1) is 22.5. The van der Waals surface area contributed by atoms with E-state index in [-0.39, 0.29) is 35.6 Å². The van der Waals surface area contributed by atoms with Crippen LogP contribution in [0.4, 0.5) is 4.39 Å². The van der Waals surface area contributed by atoms with Gasteiger partial charge >= 0.3 is 0 Å². The maximum atomic E-state index is 13.8. The lowest BCUT2D eigenvalue weighted by Gasteiger charge is -2.36. The Kier molecular flexibility index (Phi) is 6.33. The number of benzene rings is 3. The molecule has 2 amide bonds. The number of nitrogens with one attached hydrogen (secondary N) is 2. The number of carbonyl (C=O) groups excluding carboxylic acids is 2. The van der Waals surface area contributed by atoms with Crippen LogP contribution in [0.25, 0.3) is 10.8 Å². The number of hydrogen-bond donors (Lipinski definition) is 2. The van der Waals surface area contributed by atoms with Gasteiger partial charge in [0.1, 0.15) is 5.82 Å². The Labute approximate surface area is 199 Å². The van der Waals surface area contributed by atoms with Crippen LogP contribution in [0.5, 0.6) is 0 Å². The van der Waals surface area contributed by atoms with Crippen molar-refractivity contribution in [3.63, 3.8) is 0 Å². The predicted octanol–water partition coefficient (Wildman–Crippen LogP) is 4.19. The summed E-state index contributed by atoms with van der Waals surface area (Å²) in [6, 6.07) is 18.7. The average Bonchev–Trinajstić information content (AvgIpc) is 3.68. The molecule has 1 aliphatic heterocycles. The summed E-state index contributed by atoms with van der Waals surface area (Å²) < 4.78 is 13.5. The van der Waals surface area contributed by atoms with Crippen molar-refractivity contribution in [2.75, 3.05) is 13.1 Å². The molecule has 0 aromatic heterocycles. The highest BCUT2D eigenvalue weighted by Gasteiger charge is 2.40. The molecule has 0 radical (unpaired) electrons. The van der Waals surface area contributed by atoms with Crippen LogP contribution in [-0.2, 0) is 11.3 Å². The summed E-state index contributed by atoms with van der Waals surface area (Å²) in [5.41, 5.74) is 2.18. The summed E-state index contributed by atoms with van der Waals surface area (Å²) >= 11 is 0. The molecule has 176 valence electrons. The molecule has 2 atom stereocenters.